The van der Waals surface area contributed by atoms with Gasteiger partial charge in [0.25, 0.3) is 5.91 Å². The van der Waals surface area contributed by atoms with E-state index >= 15 is 0 Å². The van der Waals surface area contributed by atoms with Gasteiger partial charge in [-0.1, -0.05) is 0 Å². The molecule has 0 saturated heterocycles. The highest BCUT2D eigenvalue weighted by Gasteiger charge is 2.04. The molecular formula is C13H18N2O3. The van der Waals surface area contributed by atoms with Crippen molar-refractivity contribution < 1.29 is 14.3 Å². The zero-order chi connectivity index (χ0) is 13.4. The molecule has 1 rings (SSSR count). The van der Waals surface area contributed by atoms with Gasteiger partial charge in [0.1, 0.15) is 5.75 Å². The molecule has 0 heterocycles. The third kappa shape index (κ3) is 4.86. The van der Waals surface area contributed by atoms with Gasteiger partial charge < -0.3 is 15.4 Å². The first kappa shape index (κ1) is 14.0. The van der Waals surface area contributed by atoms with E-state index in [1.165, 1.54) is 6.92 Å². The van der Waals surface area contributed by atoms with Gasteiger partial charge in [-0.3, -0.25) is 9.59 Å². The maximum atomic E-state index is 11.7. The average molecular weight is 250 g/mol. The SMILES string of the molecule is CCOc1ccc(C(=O)NCCNC(C)=O)cc1. The normalized spacial score (nSPS) is 9.67. The summed E-state index contributed by atoms with van der Waals surface area (Å²) in [6, 6.07) is 6.93. The van der Waals surface area contributed by atoms with Crippen LogP contribution >= 0.6 is 0 Å². The maximum absolute atomic E-state index is 11.7. The molecule has 0 bridgehead atoms. The fourth-order valence-corrected chi connectivity index (χ4v) is 1.39. The van der Waals surface area contributed by atoms with Crippen molar-refractivity contribution in [3.63, 3.8) is 0 Å². The Morgan fingerprint density at radius 1 is 1.11 bits per heavy atom. The molecule has 0 aliphatic heterocycles. The molecule has 0 unspecified atom stereocenters. The number of benzene rings is 1. The van der Waals surface area contributed by atoms with Crippen LogP contribution in [0, 0.1) is 0 Å². The first-order chi connectivity index (χ1) is 8.63. The quantitative estimate of drug-likeness (QED) is 0.739. The van der Waals surface area contributed by atoms with Crippen molar-refractivity contribution in [2.75, 3.05) is 19.7 Å². The van der Waals surface area contributed by atoms with Crippen molar-refractivity contribution >= 4 is 11.8 Å². The number of nitrogens with one attached hydrogen (secondary N) is 2. The van der Waals surface area contributed by atoms with Crippen molar-refractivity contribution in [1.29, 1.82) is 0 Å². The predicted octanol–water partition coefficient (Wildman–Crippen LogP) is 0.951. The number of ether oxygens (including phenoxy) is 1. The van der Waals surface area contributed by atoms with Gasteiger partial charge in [0.2, 0.25) is 5.91 Å². The van der Waals surface area contributed by atoms with E-state index in [9.17, 15) is 9.59 Å². The number of amides is 2. The molecule has 98 valence electrons. The first-order valence-electron chi connectivity index (χ1n) is 5.89. The standard InChI is InChI=1S/C13H18N2O3/c1-3-18-12-6-4-11(5-7-12)13(17)15-9-8-14-10(2)16/h4-7H,3,8-9H2,1-2H3,(H,14,16)(H,15,17). The molecule has 0 aliphatic carbocycles. The number of hydrogen-bond acceptors (Lipinski definition) is 3. The summed E-state index contributed by atoms with van der Waals surface area (Å²) in [5.41, 5.74) is 0.571. The molecule has 0 saturated carbocycles. The van der Waals surface area contributed by atoms with Gasteiger partial charge in [-0.2, -0.15) is 0 Å². The zero-order valence-corrected chi connectivity index (χ0v) is 10.7. The van der Waals surface area contributed by atoms with E-state index in [1.54, 1.807) is 24.3 Å². The van der Waals surface area contributed by atoms with Crippen LogP contribution < -0.4 is 15.4 Å². The summed E-state index contributed by atoms with van der Waals surface area (Å²) in [6.07, 6.45) is 0. The van der Waals surface area contributed by atoms with Crippen LogP contribution in [0.15, 0.2) is 24.3 Å². The average Bonchev–Trinajstić information content (AvgIpc) is 2.35. The molecule has 0 aromatic heterocycles. The number of rotatable bonds is 6. The van der Waals surface area contributed by atoms with Gasteiger partial charge in [-0.05, 0) is 31.2 Å². The molecule has 0 aliphatic rings. The van der Waals surface area contributed by atoms with Crippen molar-refractivity contribution in [3.05, 3.63) is 29.8 Å². The minimum absolute atomic E-state index is 0.106. The van der Waals surface area contributed by atoms with Gasteiger partial charge in [-0.15, -0.1) is 0 Å². The Hall–Kier alpha value is -2.04. The van der Waals surface area contributed by atoms with E-state index in [2.05, 4.69) is 10.6 Å². The van der Waals surface area contributed by atoms with Crippen molar-refractivity contribution in [3.8, 4) is 5.75 Å². The summed E-state index contributed by atoms with van der Waals surface area (Å²) < 4.78 is 5.29. The van der Waals surface area contributed by atoms with Gasteiger partial charge >= 0.3 is 0 Å². The Morgan fingerprint density at radius 2 is 1.72 bits per heavy atom. The molecule has 1 aromatic rings. The van der Waals surface area contributed by atoms with Gasteiger partial charge in [-0.25, -0.2) is 0 Å². The van der Waals surface area contributed by atoms with Crippen molar-refractivity contribution in [2.45, 2.75) is 13.8 Å². The lowest BCUT2D eigenvalue weighted by Gasteiger charge is -2.07. The number of hydrogen-bond donors (Lipinski definition) is 2. The molecule has 18 heavy (non-hydrogen) atoms. The largest absolute Gasteiger partial charge is 0.494 e. The Bertz CT molecular complexity index is 401. The van der Waals surface area contributed by atoms with Crippen LogP contribution in [0.25, 0.3) is 0 Å². The molecule has 5 nitrogen and oxygen atoms in total. The van der Waals surface area contributed by atoms with Crippen molar-refractivity contribution in [1.82, 2.24) is 10.6 Å². The smallest absolute Gasteiger partial charge is 0.251 e. The summed E-state index contributed by atoms with van der Waals surface area (Å²) in [5.74, 6) is 0.473. The highest BCUT2D eigenvalue weighted by atomic mass is 16.5. The second-order valence-corrected chi connectivity index (χ2v) is 3.70. The minimum Gasteiger partial charge on any atom is -0.494 e. The van der Waals surface area contributed by atoms with Crippen LogP contribution in [0.2, 0.25) is 0 Å². The van der Waals surface area contributed by atoms with Crippen LogP contribution in [0.1, 0.15) is 24.2 Å². The summed E-state index contributed by atoms with van der Waals surface area (Å²) in [6.45, 7) is 4.78. The van der Waals surface area contributed by atoms with Crippen molar-refractivity contribution in [2.24, 2.45) is 0 Å². The lowest BCUT2D eigenvalue weighted by molar-refractivity contribution is -0.118. The van der Waals surface area contributed by atoms with Crippen LogP contribution in [0.5, 0.6) is 5.75 Å². The Labute approximate surface area is 107 Å². The van der Waals surface area contributed by atoms with Gasteiger partial charge in [0.05, 0.1) is 6.61 Å². The fourth-order valence-electron chi connectivity index (χ4n) is 1.39. The number of carbonyl (C=O) groups is 2. The highest BCUT2D eigenvalue weighted by molar-refractivity contribution is 5.94. The Morgan fingerprint density at radius 3 is 2.28 bits per heavy atom. The molecular weight excluding hydrogens is 232 g/mol. The second-order valence-electron chi connectivity index (χ2n) is 3.70. The van der Waals surface area contributed by atoms with E-state index in [0.717, 1.165) is 5.75 Å². The molecule has 1 aromatic carbocycles. The maximum Gasteiger partial charge on any atom is 0.251 e. The molecule has 2 N–H and O–H groups in total. The lowest BCUT2D eigenvalue weighted by atomic mass is 10.2. The number of carbonyl (C=O) groups excluding carboxylic acids is 2. The summed E-state index contributed by atoms with van der Waals surface area (Å²) >= 11 is 0. The second kappa shape index (κ2) is 7.32. The van der Waals surface area contributed by atoms with E-state index in [4.69, 9.17) is 4.74 Å². The molecule has 2 amide bonds. The first-order valence-corrected chi connectivity index (χ1v) is 5.89. The highest BCUT2D eigenvalue weighted by Crippen LogP contribution is 2.11. The van der Waals surface area contributed by atoms with Crippen LogP contribution in [-0.4, -0.2) is 31.5 Å². The molecule has 0 spiro atoms. The van der Waals surface area contributed by atoms with Crippen LogP contribution in [-0.2, 0) is 4.79 Å². The van der Waals surface area contributed by atoms with E-state index in [-0.39, 0.29) is 11.8 Å². The fraction of sp³-hybridized carbons (Fsp3) is 0.385. The van der Waals surface area contributed by atoms with Gasteiger partial charge in [0.15, 0.2) is 0 Å². The third-order valence-electron chi connectivity index (χ3n) is 2.21. The Balaban J connectivity index is 2.39. The summed E-state index contributed by atoms with van der Waals surface area (Å²) in [4.78, 5) is 22.3. The van der Waals surface area contributed by atoms with E-state index in [0.29, 0.717) is 25.3 Å². The van der Waals surface area contributed by atoms with E-state index in [1.807, 2.05) is 6.92 Å². The summed E-state index contributed by atoms with van der Waals surface area (Å²) in [5, 5.41) is 5.32. The minimum atomic E-state index is -0.164. The molecule has 0 fully saturated rings. The third-order valence-corrected chi connectivity index (χ3v) is 2.21. The molecule has 0 radical (unpaired) electrons. The topological polar surface area (TPSA) is 67.4 Å². The zero-order valence-electron chi connectivity index (χ0n) is 10.7. The van der Waals surface area contributed by atoms with Crippen LogP contribution in [0.3, 0.4) is 0 Å². The predicted molar refractivity (Wildman–Crippen MR) is 68.6 cm³/mol. The van der Waals surface area contributed by atoms with E-state index < -0.39 is 0 Å². The van der Waals surface area contributed by atoms with Gasteiger partial charge in [0, 0.05) is 25.6 Å². The molecule has 5 heteroatoms. The lowest BCUT2D eigenvalue weighted by Crippen LogP contribution is -2.33. The molecule has 0 atom stereocenters. The van der Waals surface area contributed by atoms with Crippen LogP contribution in [0.4, 0.5) is 0 Å². The summed E-state index contributed by atoms with van der Waals surface area (Å²) in [7, 11) is 0. The Kier molecular flexibility index (Phi) is 5.70. The monoisotopic (exact) mass is 250 g/mol.